The summed E-state index contributed by atoms with van der Waals surface area (Å²) in [5.41, 5.74) is 6.44. The molecule has 25 nitrogen and oxygen atoms in total. The van der Waals surface area contributed by atoms with Gasteiger partial charge in [0.1, 0.15) is 57.6 Å². The van der Waals surface area contributed by atoms with Gasteiger partial charge in [-0.05, 0) is 152 Å². The number of likely N-dealkylation sites (tertiary alicyclic amines) is 2. The Hall–Kier alpha value is -6.59. The van der Waals surface area contributed by atoms with Crippen LogP contribution in [0, 0.1) is 19.1 Å². The second kappa shape index (κ2) is 67.6. The van der Waals surface area contributed by atoms with Crippen LogP contribution in [0.25, 0.3) is 31.2 Å². The smallest absolute Gasteiger partial charge is 0.870 e. The topological polar surface area (TPSA) is 276 Å². The van der Waals surface area contributed by atoms with E-state index in [0.29, 0.717) is 101 Å². The maximum absolute atomic E-state index is 12.8. The third-order valence-corrected chi connectivity index (χ3v) is 20.4. The molecule has 0 radical (unpaired) electrons. The van der Waals surface area contributed by atoms with Crippen molar-refractivity contribution in [1.82, 2.24) is 34.6 Å². The maximum atomic E-state index is 12.8. The first kappa shape index (κ1) is 122. The van der Waals surface area contributed by atoms with Gasteiger partial charge in [-0.25, -0.2) is 49.9 Å². The van der Waals surface area contributed by atoms with Crippen LogP contribution in [0.1, 0.15) is 82.3 Å². The Morgan fingerprint density at radius 3 is 1.34 bits per heavy atom. The largest absolute Gasteiger partial charge is 1.00 e. The quantitative estimate of drug-likeness (QED) is 0.0142. The predicted octanol–water partition coefficient (Wildman–Crippen LogP) is 12.8. The maximum Gasteiger partial charge on any atom is 1.00 e. The predicted molar refractivity (Wildman–Crippen MR) is 500 cm³/mol. The van der Waals surface area contributed by atoms with Gasteiger partial charge in [0.2, 0.25) is 19.0 Å². The number of esters is 2. The molecule has 12 rings (SSSR count). The molecule has 0 unspecified atom stereocenters. The number of likely N-dealkylation sites (N-methyl/N-ethyl adjacent to an activating group) is 2. The van der Waals surface area contributed by atoms with Crippen molar-refractivity contribution in [3.63, 3.8) is 0 Å². The van der Waals surface area contributed by atoms with E-state index in [1.54, 1.807) is 24.8 Å². The van der Waals surface area contributed by atoms with Crippen LogP contribution in [0.15, 0.2) is 134 Å². The van der Waals surface area contributed by atoms with Gasteiger partial charge in [-0.1, -0.05) is 101 Å². The number of piperazine rings is 1. The number of carboxylic acid groups (broad SMARTS) is 2. The second-order valence-corrected chi connectivity index (χ2v) is 28.5. The van der Waals surface area contributed by atoms with E-state index in [0.717, 1.165) is 192 Å². The Bertz CT molecular complexity index is 4390. The standard InChI is InChI=1S/C33H37ClFN7O2.C30H35ClN6O.C6H9BrO2.C6H9FO2.2C4H5FO2.CH4.Ag.ClH.FH.Na.H2O.4H2S/c1-36-19-25-20-41(17-18-42(25)30(43)12-5-14-35)32-26-13-16-40(29-11-4-8-23-7-3-10-27(34)31(23)29)21-28(26)37-33(38-32)44-22-24-9-6-15-39(24)2;1-32-17-21-7-5-15-37(18-21)29-24-13-16-36(27-12-4-9-22-8-3-11-25(31)28(22)27)19-26(24)33-30(34-29)38-20-23-10-6-14-35(23)2;2*1-2-9-6(8)4-3-5-7;2*5-3-1-2-4(6)7;;;;;;;;;;/h3-5,7-8,10-12,24-25H,6,9,13-22H2,2H3;3-4,8-9,11-12,21,23H,5-7,10,13-20H2,2H3;2*3-4H,2,5H2,1H3;2*1-2H,3H2,(H,6,7);1H4;;2*1H;;5*1H2/q;;;;;;;+1;;;+1;;;;;/p-2/b12-5+;;2*4-3+;2*2-1+;;;;;;;;;;/t24-,25-;21-,23-;;;;;;;;;;;;;;/m00............../s1. The van der Waals surface area contributed by atoms with Gasteiger partial charge in [-0.3, -0.25) is 4.79 Å². The molecule has 4 aromatic carbocycles. The van der Waals surface area contributed by atoms with Crippen LogP contribution >= 0.6 is 106 Å². The molecule has 8 heterocycles. The monoisotopic (exact) mass is 2030 g/mol. The molecule has 6 aliphatic heterocycles. The third kappa shape index (κ3) is 39.2. The number of nitrogens with zero attached hydrogens (tertiary/aromatic N) is 13. The zero-order valence-electron chi connectivity index (χ0n) is 69.3. The molecule has 124 heavy (non-hydrogen) atoms. The molecule has 4 saturated heterocycles. The van der Waals surface area contributed by atoms with E-state index in [1.165, 1.54) is 51.8 Å². The molecule has 0 bridgehead atoms. The molecule has 0 aliphatic carbocycles. The number of benzene rings is 4. The molecule has 6 aromatic rings. The molecule has 4 atom stereocenters. The van der Waals surface area contributed by atoms with Crippen LogP contribution in [-0.4, -0.2) is 243 Å². The molecule has 6 aliphatic rings. The first-order chi connectivity index (χ1) is 56.2. The van der Waals surface area contributed by atoms with Crippen molar-refractivity contribution >= 4 is 180 Å². The van der Waals surface area contributed by atoms with Gasteiger partial charge < -0.3 is 78.6 Å². The summed E-state index contributed by atoms with van der Waals surface area (Å²) < 4.78 is 76.9. The fourth-order valence-electron chi connectivity index (χ4n) is 14.0. The van der Waals surface area contributed by atoms with Crippen LogP contribution in [0.2, 0.25) is 10.0 Å². The number of carbonyl (C=O) groups excluding carboxylic acids is 3. The zero-order chi connectivity index (χ0) is 84.3. The number of carboxylic acids is 2. The van der Waals surface area contributed by atoms with Crippen molar-refractivity contribution < 1.29 is 130 Å². The average molecular weight is 2040 g/mol. The Kier molecular flexibility index (Phi) is 66.3. The van der Waals surface area contributed by atoms with E-state index in [-0.39, 0.29) is 133 Å². The molecule has 3 N–H and O–H groups in total. The number of aromatic nitrogens is 4. The number of rotatable bonds is 24. The van der Waals surface area contributed by atoms with E-state index in [4.69, 9.17) is 76.0 Å². The van der Waals surface area contributed by atoms with E-state index in [1.807, 2.05) is 24.3 Å². The van der Waals surface area contributed by atoms with Gasteiger partial charge in [-0.15, -0.1) is 12.4 Å². The van der Waals surface area contributed by atoms with Gasteiger partial charge >= 0.3 is 90.1 Å². The number of halogens is 9. The van der Waals surface area contributed by atoms with Gasteiger partial charge in [0.25, 0.3) is 0 Å². The third-order valence-electron chi connectivity index (χ3n) is 19.4. The van der Waals surface area contributed by atoms with Crippen molar-refractivity contribution in [3.05, 3.63) is 189 Å². The van der Waals surface area contributed by atoms with Crippen LogP contribution in [0.3, 0.4) is 0 Å². The Labute approximate surface area is 812 Å². The number of fused-ring (bicyclic) bond motifs is 4. The fourth-order valence-corrected chi connectivity index (χ4v) is 14.7. The van der Waals surface area contributed by atoms with Gasteiger partial charge in [0, 0.05) is 133 Å². The summed E-state index contributed by atoms with van der Waals surface area (Å²) in [5.74, 6) is -1.06. The van der Waals surface area contributed by atoms with Crippen molar-refractivity contribution in [2.24, 2.45) is 5.92 Å². The Morgan fingerprint density at radius 1 is 0.548 bits per heavy atom. The van der Waals surface area contributed by atoms with Gasteiger partial charge in [0.05, 0.1) is 47.7 Å². The van der Waals surface area contributed by atoms with Crippen molar-refractivity contribution in [2.75, 3.05) is 164 Å². The van der Waals surface area contributed by atoms with Gasteiger partial charge in [0.15, 0.2) is 0 Å². The SMILES string of the molecule is C.CCOC(=O)/C=C/CBr.CCOC(=O)/C=C/CF.Cl.O=C(O)/C=C/CF.O=C(O)/C=C/CF.S.S.S.S.[C-]#[N+]C[C@@H]1CCCN(c2nc(OC[C@@H]3CCCN3C)nc3c2CCN(c2cccc4cccc(Cl)c24)C3)C1.[C-]#[N+]C[C@H]1CN(c2nc(OC[C@@H]3CCCN3C)nc3c2CCN(c2cccc4cccc(Cl)c24)C3)CCN1C(=O)/C=C/CF.[F][Ag].[Na+].[OH-]. The first-order valence-corrected chi connectivity index (χ1v) is 40.5. The summed E-state index contributed by atoms with van der Waals surface area (Å²) in [6.07, 6.45) is 19.5. The van der Waals surface area contributed by atoms with E-state index in [2.05, 4.69) is 127 Å². The molecular formula is C84H114AgBrCl3F5N13NaO12S4. The molecule has 0 spiro atoms. The number of piperidine rings is 1. The van der Waals surface area contributed by atoms with Crippen molar-refractivity contribution in [2.45, 2.75) is 104 Å². The van der Waals surface area contributed by atoms with Crippen LogP contribution in [0.5, 0.6) is 12.0 Å². The van der Waals surface area contributed by atoms with Crippen molar-refractivity contribution in [3.8, 4) is 12.0 Å². The summed E-state index contributed by atoms with van der Waals surface area (Å²) in [6.45, 7) is 26.5. The minimum absolute atomic E-state index is 0. The number of amides is 1. The summed E-state index contributed by atoms with van der Waals surface area (Å²) in [7, 11) is 4.28. The number of allylic oxidation sites excluding steroid dienone is 5. The minimum Gasteiger partial charge on any atom is -0.870 e. The van der Waals surface area contributed by atoms with Gasteiger partial charge in [-0.2, -0.15) is 73.9 Å². The molecule has 0 saturated carbocycles. The first-order valence-electron chi connectivity index (χ1n) is 38.0. The summed E-state index contributed by atoms with van der Waals surface area (Å²) in [6, 6.07) is 25.9. The molecule has 686 valence electrons. The summed E-state index contributed by atoms with van der Waals surface area (Å²) >= 11 is 18.0. The number of ether oxygens (including phenoxy) is 4. The molecule has 40 heteroatoms. The normalized spacial score (nSPS) is 16.7. The minimum atomic E-state index is -1.11. The summed E-state index contributed by atoms with van der Waals surface area (Å²) in [4.78, 5) is 95.4. The second-order valence-electron chi connectivity index (χ2n) is 27.0. The molecular weight excluding hydrogens is 1920 g/mol. The van der Waals surface area contributed by atoms with Crippen LogP contribution in [0.4, 0.5) is 43.6 Å². The molecule has 4 fully saturated rings. The number of alkyl halides is 5. The number of hydrogen-bond donors (Lipinski definition) is 2. The number of anilines is 4. The average Bonchev–Trinajstić information content (AvgIpc) is 0.876. The zero-order valence-corrected chi connectivity index (χ0v) is 80.7. The van der Waals surface area contributed by atoms with Crippen LogP contribution < -0.4 is 58.6 Å². The van der Waals surface area contributed by atoms with Crippen molar-refractivity contribution in [1.29, 1.82) is 0 Å². The number of hydrogen-bond acceptors (Lipinski definition) is 20. The van der Waals surface area contributed by atoms with E-state index >= 15 is 0 Å². The molecule has 2 aromatic heterocycles. The molecule has 1 amide bonds. The number of aliphatic carboxylic acids is 2. The fraction of sp³-hybridized carbons (Fsp3) is 0.464. The van der Waals surface area contributed by atoms with E-state index in [9.17, 15) is 44.6 Å². The van der Waals surface area contributed by atoms with E-state index < -0.39 is 44.6 Å². The Morgan fingerprint density at radius 2 is 0.952 bits per heavy atom. The number of carbonyl (C=O) groups is 5. The summed E-state index contributed by atoms with van der Waals surface area (Å²) in [5, 5.41) is 22.1. The Balaban J connectivity index is -0.00000165. The van der Waals surface area contributed by atoms with Crippen LogP contribution in [-0.2, 0) is 81.0 Å².